The third-order valence-electron chi connectivity index (χ3n) is 4.15. The van der Waals surface area contributed by atoms with Crippen molar-refractivity contribution in [3.05, 3.63) is 22.4 Å². The molecule has 0 saturated heterocycles. The van der Waals surface area contributed by atoms with Crippen LogP contribution < -0.4 is 0 Å². The molecule has 0 N–H and O–H groups in total. The Morgan fingerprint density at radius 3 is 2.14 bits per heavy atom. The van der Waals surface area contributed by atoms with Crippen LogP contribution in [0.3, 0.4) is 0 Å². The quantitative estimate of drug-likeness (QED) is 0.431. The third kappa shape index (κ3) is 10.4. The summed E-state index contributed by atoms with van der Waals surface area (Å²) in [5, 5.41) is 2.19. The molecule has 2 nitrogen and oxygen atoms in total. The Labute approximate surface area is 142 Å². The minimum absolute atomic E-state index is 1.13. The predicted octanol–water partition coefficient (Wildman–Crippen LogP) is 5.25. The van der Waals surface area contributed by atoms with Crippen molar-refractivity contribution < 1.29 is 0 Å². The molecule has 0 saturated carbocycles. The zero-order valence-electron chi connectivity index (χ0n) is 15.0. The molecule has 0 spiro atoms. The average molecular weight is 325 g/mol. The fourth-order valence-corrected chi connectivity index (χ4v) is 3.45. The Bertz CT molecular complexity index is 335. The molecule has 1 aromatic rings. The van der Waals surface area contributed by atoms with Crippen LogP contribution in [-0.2, 0) is 6.54 Å². The van der Waals surface area contributed by atoms with Gasteiger partial charge in [-0.1, -0.05) is 57.9 Å². The lowest BCUT2D eigenvalue weighted by atomic mass is 10.1. The summed E-state index contributed by atoms with van der Waals surface area (Å²) in [6, 6.07) is 4.43. The highest BCUT2D eigenvalue weighted by Crippen LogP contribution is 2.13. The maximum absolute atomic E-state index is 2.63. The van der Waals surface area contributed by atoms with E-state index in [0.717, 1.165) is 13.1 Å². The molecule has 1 rings (SSSR count). The van der Waals surface area contributed by atoms with Gasteiger partial charge in [0.1, 0.15) is 0 Å². The van der Waals surface area contributed by atoms with Gasteiger partial charge in [0.25, 0.3) is 0 Å². The number of nitrogens with zero attached hydrogens (tertiary/aromatic N) is 2. The van der Waals surface area contributed by atoms with E-state index in [2.05, 4.69) is 48.3 Å². The normalized spacial score (nSPS) is 11.7. The van der Waals surface area contributed by atoms with Gasteiger partial charge in [0.15, 0.2) is 0 Å². The second kappa shape index (κ2) is 13.1. The van der Waals surface area contributed by atoms with Crippen LogP contribution in [0.2, 0.25) is 0 Å². The molecule has 0 amide bonds. The predicted molar refractivity (Wildman–Crippen MR) is 101 cm³/mol. The second-order valence-corrected chi connectivity index (χ2v) is 7.67. The Morgan fingerprint density at radius 1 is 0.864 bits per heavy atom. The maximum atomic E-state index is 2.63. The number of hydrogen-bond donors (Lipinski definition) is 0. The summed E-state index contributed by atoms with van der Waals surface area (Å²) < 4.78 is 0. The van der Waals surface area contributed by atoms with E-state index in [9.17, 15) is 0 Å². The van der Waals surface area contributed by atoms with Crippen LogP contribution >= 0.6 is 11.3 Å². The van der Waals surface area contributed by atoms with Crippen LogP contribution in [0.5, 0.6) is 0 Å². The van der Waals surface area contributed by atoms with Gasteiger partial charge in [-0.25, -0.2) is 0 Å². The monoisotopic (exact) mass is 324 g/mol. The Morgan fingerprint density at radius 2 is 1.55 bits per heavy atom. The number of rotatable bonds is 14. The first-order chi connectivity index (χ1) is 10.7. The minimum atomic E-state index is 1.13. The number of hydrogen-bond acceptors (Lipinski definition) is 3. The fourth-order valence-electron chi connectivity index (χ4n) is 2.70. The highest BCUT2D eigenvalue weighted by molar-refractivity contribution is 7.09. The third-order valence-corrected chi connectivity index (χ3v) is 5.01. The lowest BCUT2D eigenvalue weighted by Gasteiger charge is -2.23. The average Bonchev–Trinajstić information content (AvgIpc) is 3.00. The first-order valence-electron chi connectivity index (χ1n) is 9.12. The zero-order chi connectivity index (χ0) is 16.0. The van der Waals surface area contributed by atoms with Crippen LogP contribution in [0.25, 0.3) is 0 Å². The molecular formula is C19H36N2S. The van der Waals surface area contributed by atoms with E-state index in [1.165, 1.54) is 69.3 Å². The van der Waals surface area contributed by atoms with Crippen LogP contribution in [0.1, 0.15) is 63.2 Å². The summed E-state index contributed by atoms with van der Waals surface area (Å²) in [5.41, 5.74) is 0. The summed E-state index contributed by atoms with van der Waals surface area (Å²) in [5.74, 6) is 0. The minimum Gasteiger partial charge on any atom is -0.308 e. The highest BCUT2D eigenvalue weighted by atomic mass is 32.1. The van der Waals surface area contributed by atoms with E-state index in [-0.39, 0.29) is 0 Å². The van der Waals surface area contributed by atoms with Crippen molar-refractivity contribution in [2.75, 3.05) is 33.7 Å². The molecule has 0 aliphatic heterocycles. The first-order valence-corrected chi connectivity index (χ1v) is 9.99. The fraction of sp³-hybridized carbons (Fsp3) is 0.789. The Kier molecular flexibility index (Phi) is 11.7. The van der Waals surface area contributed by atoms with Crippen LogP contribution in [-0.4, -0.2) is 43.5 Å². The molecule has 0 radical (unpaired) electrons. The van der Waals surface area contributed by atoms with Gasteiger partial charge in [-0.3, -0.25) is 4.90 Å². The van der Waals surface area contributed by atoms with E-state index in [1.54, 1.807) is 0 Å². The zero-order valence-corrected chi connectivity index (χ0v) is 15.8. The van der Waals surface area contributed by atoms with Gasteiger partial charge in [-0.05, 0) is 38.5 Å². The van der Waals surface area contributed by atoms with Crippen molar-refractivity contribution in [2.45, 2.75) is 64.8 Å². The summed E-state index contributed by atoms with van der Waals surface area (Å²) in [7, 11) is 4.33. The molecule has 0 atom stereocenters. The van der Waals surface area contributed by atoms with Crippen molar-refractivity contribution >= 4 is 11.3 Å². The largest absolute Gasteiger partial charge is 0.308 e. The first kappa shape index (κ1) is 19.7. The van der Waals surface area contributed by atoms with Gasteiger partial charge < -0.3 is 4.90 Å². The summed E-state index contributed by atoms with van der Waals surface area (Å²) in [4.78, 5) is 6.41. The molecule has 22 heavy (non-hydrogen) atoms. The highest BCUT2D eigenvalue weighted by Gasteiger charge is 2.07. The summed E-state index contributed by atoms with van der Waals surface area (Å²) in [6.07, 6.45) is 11.2. The molecule has 1 aromatic heterocycles. The molecule has 0 aliphatic rings. The van der Waals surface area contributed by atoms with Gasteiger partial charge in [0.2, 0.25) is 0 Å². The van der Waals surface area contributed by atoms with Gasteiger partial charge >= 0.3 is 0 Å². The molecule has 0 bridgehead atoms. The number of likely N-dealkylation sites (N-methyl/N-ethyl adjacent to an activating group) is 1. The van der Waals surface area contributed by atoms with Gasteiger partial charge in [-0.15, -0.1) is 11.3 Å². The summed E-state index contributed by atoms with van der Waals surface area (Å²) >= 11 is 1.89. The molecule has 1 heterocycles. The van der Waals surface area contributed by atoms with Gasteiger partial charge in [0.05, 0.1) is 0 Å². The van der Waals surface area contributed by atoms with Crippen molar-refractivity contribution in [3.8, 4) is 0 Å². The lowest BCUT2D eigenvalue weighted by Crippen LogP contribution is -2.32. The van der Waals surface area contributed by atoms with E-state index in [0.29, 0.717) is 0 Å². The van der Waals surface area contributed by atoms with Crippen LogP contribution in [0, 0.1) is 0 Å². The smallest absolute Gasteiger partial charge is 0.0328 e. The Hall–Kier alpha value is -0.380. The SMILES string of the molecule is CCCCCCCCCCN(CCN(C)C)Cc1cccs1. The van der Waals surface area contributed by atoms with Crippen molar-refractivity contribution in [3.63, 3.8) is 0 Å². The molecule has 0 aromatic carbocycles. The standard InChI is InChI=1S/C19H36N2S/c1-4-5-6-7-8-9-10-11-14-21(16-15-20(2)3)18-19-13-12-17-22-19/h12-13,17H,4-11,14-16,18H2,1-3H3. The van der Waals surface area contributed by atoms with E-state index >= 15 is 0 Å². The molecule has 0 unspecified atom stereocenters. The van der Waals surface area contributed by atoms with E-state index in [4.69, 9.17) is 0 Å². The second-order valence-electron chi connectivity index (χ2n) is 6.63. The topological polar surface area (TPSA) is 6.48 Å². The van der Waals surface area contributed by atoms with Gasteiger partial charge in [-0.2, -0.15) is 0 Å². The number of unbranched alkanes of at least 4 members (excludes halogenated alkanes) is 7. The van der Waals surface area contributed by atoms with E-state index < -0.39 is 0 Å². The molecule has 0 aliphatic carbocycles. The summed E-state index contributed by atoms with van der Waals surface area (Å²) in [6.45, 7) is 7.00. The van der Waals surface area contributed by atoms with Crippen molar-refractivity contribution in [1.29, 1.82) is 0 Å². The Balaban J connectivity index is 2.14. The lowest BCUT2D eigenvalue weighted by molar-refractivity contribution is 0.230. The molecular weight excluding hydrogens is 288 g/mol. The van der Waals surface area contributed by atoms with Crippen LogP contribution in [0.4, 0.5) is 0 Å². The van der Waals surface area contributed by atoms with Crippen molar-refractivity contribution in [1.82, 2.24) is 9.80 Å². The van der Waals surface area contributed by atoms with Gasteiger partial charge in [0, 0.05) is 24.5 Å². The molecule has 128 valence electrons. The van der Waals surface area contributed by atoms with E-state index in [1.807, 2.05) is 11.3 Å². The molecule has 3 heteroatoms. The number of thiophene rings is 1. The van der Waals surface area contributed by atoms with Crippen LogP contribution in [0.15, 0.2) is 17.5 Å². The maximum Gasteiger partial charge on any atom is 0.0328 e. The molecule has 0 fully saturated rings. The van der Waals surface area contributed by atoms with Crippen molar-refractivity contribution in [2.24, 2.45) is 0 Å².